The number of carbonyl (C=O) groups excluding carboxylic acids is 1. The molecule has 1 amide bonds. The van der Waals surface area contributed by atoms with Gasteiger partial charge in [0.15, 0.2) is 0 Å². The van der Waals surface area contributed by atoms with Crippen molar-refractivity contribution in [1.82, 2.24) is 10.2 Å². The van der Waals surface area contributed by atoms with Crippen molar-refractivity contribution in [1.29, 1.82) is 0 Å². The Morgan fingerprint density at radius 3 is 2.50 bits per heavy atom. The van der Waals surface area contributed by atoms with Crippen molar-refractivity contribution in [2.75, 3.05) is 20.6 Å². The molecule has 116 valence electrons. The Kier molecular flexibility index (Phi) is 5.08. The van der Waals surface area contributed by atoms with Gasteiger partial charge in [-0.1, -0.05) is 19.8 Å². The summed E-state index contributed by atoms with van der Waals surface area (Å²) in [6.45, 7) is 2.97. The van der Waals surface area contributed by atoms with Gasteiger partial charge in [0.2, 0.25) is 5.91 Å². The van der Waals surface area contributed by atoms with Gasteiger partial charge in [-0.05, 0) is 52.1 Å². The van der Waals surface area contributed by atoms with Gasteiger partial charge in [0.25, 0.3) is 0 Å². The molecule has 0 spiro atoms. The van der Waals surface area contributed by atoms with Gasteiger partial charge in [-0.2, -0.15) is 0 Å². The summed E-state index contributed by atoms with van der Waals surface area (Å²) in [5.74, 6) is 0.825. The molecule has 2 rings (SSSR count). The second-order valence-electron chi connectivity index (χ2n) is 7.20. The summed E-state index contributed by atoms with van der Waals surface area (Å²) < 4.78 is 0. The van der Waals surface area contributed by atoms with E-state index >= 15 is 0 Å². The van der Waals surface area contributed by atoms with Crippen molar-refractivity contribution in [3.63, 3.8) is 0 Å². The maximum atomic E-state index is 12.5. The van der Waals surface area contributed by atoms with E-state index in [2.05, 4.69) is 31.2 Å². The Morgan fingerprint density at radius 1 is 1.30 bits per heavy atom. The lowest BCUT2D eigenvalue weighted by Crippen LogP contribution is -2.52. The van der Waals surface area contributed by atoms with Gasteiger partial charge < -0.3 is 16.0 Å². The molecule has 4 heteroatoms. The molecule has 20 heavy (non-hydrogen) atoms. The monoisotopic (exact) mass is 281 g/mol. The normalized spacial score (nSPS) is 33.4. The Bertz CT molecular complexity index is 337. The standard InChI is InChI=1S/C16H31N3O/c1-12-10-13(17)6-7-14(12)15(20)18-11-16(19(2)3)8-4-5-9-16/h12-14H,4-11,17H2,1-3H3,(H,18,20). The third kappa shape index (κ3) is 3.34. The molecule has 3 atom stereocenters. The second-order valence-corrected chi connectivity index (χ2v) is 7.20. The molecule has 4 nitrogen and oxygen atoms in total. The van der Waals surface area contributed by atoms with Crippen molar-refractivity contribution in [3.05, 3.63) is 0 Å². The maximum absolute atomic E-state index is 12.5. The zero-order chi connectivity index (χ0) is 14.8. The number of likely N-dealkylation sites (N-methyl/N-ethyl adjacent to an activating group) is 1. The van der Waals surface area contributed by atoms with Gasteiger partial charge in [-0.25, -0.2) is 0 Å². The van der Waals surface area contributed by atoms with Gasteiger partial charge in [0.1, 0.15) is 0 Å². The topological polar surface area (TPSA) is 58.4 Å². The summed E-state index contributed by atoms with van der Waals surface area (Å²) in [5.41, 5.74) is 6.17. The molecule has 0 aromatic rings. The van der Waals surface area contributed by atoms with E-state index in [0.29, 0.717) is 5.92 Å². The van der Waals surface area contributed by atoms with E-state index in [1.54, 1.807) is 0 Å². The highest BCUT2D eigenvalue weighted by molar-refractivity contribution is 5.79. The zero-order valence-corrected chi connectivity index (χ0v) is 13.3. The van der Waals surface area contributed by atoms with E-state index in [4.69, 9.17) is 5.73 Å². The fourth-order valence-electron chi connectivity index (χ4n) is 4.03. The van der Waals surface area contributed by atoms with Crippen LogP contribution < -0.4 is 11.1 Å². The molecule has 3 unspecified atom stereocenters. The van der Waals surface area contributed by atoms with Crippen LogP contribution in [0.2, 0.25) is 0 Å². The number of hydrogen-bond acceptors (Lipinski definition) is 3. The molecule has 0 bridgehead atoms. The number of nitrogens with zero attached hydrogens (tertiary/aromatic N) is 1. The van der Waals surface area contributed by atoms with Crippen LogP contribution in [0, 0.1) is 11.8 Å². The molecule has 0 radical (unpaired) electrons. The van der Waals surface area contributed by atoms with E-state index in [0.717, 1.165) is 25.8 Å². The van der Waals surface area contributed by atoms with Gasteiger partial charge >= 0.3 is 0 Å². The Morgan fingerprint density at radius 2 is 1.95 bits per heavy atom. The summed E-state index contributed by atoms with van der Waals surface area (Å²) in [4.78, 5) is 14.8. The summed E-state index contributed by atoms with van der Waals surface area (Å²) in [6, 6.07) is 0.289. The fraction of sp³-hybridized carbons (Fsp3) is 0.938. The number of nitrogens with two attached hydrogens (primary N) is 1. The minimum absolute atomic E-state index is 0.162. The van der Waals surface area contributed by atoms with Gasteiger partial charge in [-0.3, -0.25) is 4.79 Å². The molecule has 2 fully saturated rings. The van der Waals surface area contributed by atoms with Gasteiger partial charge in [-0.15, -0.1) is 0 Å². The van der Waals surface area contributed by atoms with E-state index in [-0.39, 0.29) is 23.4 Å². The highest BCUT2D eigenvalue weighted by Gasteiger charge is 2.37. The molecular formula is C16H31N3O. The number of hydrogen-bond donors (Lipinski definition) is 2. The lowest BCUT2D eigenvalue weighted by atomic mass is 9.77. The highest BCUT2D eigenvalue weighted by atomic mass is 16.1. The van der Waals surface area contributed by atoms with Crippen LogP contribution in [-0.4, -0.2) is 43.0 Å². The van der Waals surface area contributed by atoms with Gasteiger partial charge in [0.05, 0.1) is 0 Å². The molecule has 0 aromatic heterocycles. The maximum Gasteiger partial charge on any atom is 0.223 e. The predicted octanol–water partition coefficient (Wildman–Crippen LogP) is 1.74. The third-order valence-corrected chi connectivity index (χ3v) is 5.62. The first kappa shape index (κ1) is 15.8. The summed E-state index contributed by atoms with van der Waals surface area (Å²) in [6.07, 6.45) is 7.88. The molecule has 2 aliphatic carbocycles. The van der Waals surface area contributed by atoms with Gasteiger partial charge in [0, 0.05) is 24.0 Å². The highest BCUT2D eigenvalue weighted by Crippen LogP contribution is 2.34. The van der Waals surface area contributed by atoms with Crippen LogP contribution in [0.1, 0.15) is 51.9 Å². The van der Waals surface area contributed by atoms with Crippen LogP contribution in [-0.2, 0) is 4.79 Å². The predicted molar refractivity (Wildman–Crippen MR) is 82.4 cm³/mol. The minimum Gasteiger partial charge on any atom is -0.354 e. The molecule has 0 heterocycles. The first-order valence-corrected chi connectivity index (χ1v) is 8.15. The van der Waals surface area contributed by atoms with Crippen molar-refractivity contribution >= 4 is 5.91 Å². The van der Waals surface area contributed by atoms with E-state index in [9.17, 15) is 4.79 Å². The van der Waals surface area contributed by atoms with Crippen LogP contribution in [0.25, 0.3) is 0 Å². The zero-order valence-electron chi connectivity index (χ0n) is 13.3. The SMILES string of the molecule is CC1CC(N)CCC1C(=O)NCC1(N(C)C)CCCC1. The van der Waals surface area contributed by atoms with E-state index in [1.165, 1.54) is 25.7 Å². The minimum atomic E-state index is 0.162. The van der Waals surface area contributed by atoms with E-state index in [1.807, 2.05) is 0 Å². The summed E-state index contributed by atoms with van der Waals surface area (Å²) in [7, 11) is 4.28. The lowest BCUT2D eigenvalue weighted by molar-refractivity contribution is -0.128. The quantitative estimate of drug-likeness (QED) is 0.825. The fourth-order valence-corrected chi connectivity index (χ4v) is 4.03. The van der Waals surface area contributed by atoms with Crippen LogP contribution in [0.5, 0.6) is 0 Å². The number of amides is 1. The molecule has 0 saturated heterocycles. The largest absolute Gasteiger partial charge is 0.354 e. The second kappa shape index (κ2) is 6.44. The first-order valence-electron chi connectivity index (χ1n) is 8.15. The van der Waals surface area contributed by atoms with Crippen molar-refractivity contribution in [2.24, 2.45) is 17.6 Å². The van der Waals surface area contributed by atoms with Crippen LogP contribution >= 0.6 is 0 Å². The molecular weight excluding hydrogens is 250 g/mol. The molecule has 2 aliphatic rings. The van der Waals surface area contributed by atoms with Crippen molar-refractivity contribution < 1.29 is 4.79 Å². The summed E-state index contributed by atoms with van der Waals surface area (Å²) in [5, 5.41) is 3.24. The van der Waals surface area contributed by atoms with Crippen LogP contribution in [0.4, 0.5) is 0 Å². The third-order valence-electron chi connectivity index (χ3n) is 5.62. The van der Waals surface area contributed by atoms with Crippen LogP contribution in [0.3, 0.4) is 0 Å². The summed E-state index contributed by atoms with van der Waals surface area (Å²) >= 11 is 0. The van der Waals surface area contributed by atoms with E-state index < -0.39 is 0 Å². The molecule has 3 N–H and O–H groups in total. The lowest BCUT2D eigenvalue weighted by Gasteiger charge is -2.38. The average Bonchev–Trinajstić information content (AvgIpc) is 2.86. The Balaban J connectivity index is 1.88. The Hall–Kier alpha value is -0.610. The average molecular weight is 281 g/mol. The number of nitrogens with one attached hydrogen (secondary N) is 1. The van der Waals surface area contributed by atoms with Crippen molar-refractivity contribution in [2.45, 2.75) is 63.5 Å². The molecule has 0 aromatic carbocycles. The molecule has 0 aliphatic heterocycles. The number of carbonyl (C=O) groups is 1. The molecule has 2 saturated carbocycles. The van der Waals surface area contributed by atoms with Crippen molar-refractivity contribution in [3.8, 4) is 0 Å². The Labute approximate surface area is 123 Å². The smallest absolute Gasteiger partial charge is 0.223 e. The van der Waals surface area contributed by atoms with Crippen LogP contribution in [0.15, 0.2) is 0 Å². The number of rotatable bonds is 4. The first-order chi connectivity index (χ1) is 9.44.